The Hall–Kier alpha value is -3.99. The van der Waals surface area contributed by atoms with Crippen molar-refractivity contribution in [3.05, 3.63) is 75.8 Å². The van der Waals surface area contributed by atoms with Crippen molar-refractivity contribution in [1.29, 1.82) is 0 Å². The van der Waals surface area contributed by atoms with Crippen molar-refractivity contribution in [1.82, 2.24) is 9.80 Å². The summed E-state index contributed by atoms with van der Waals surface area (Å²) in [4.78, 5) is 43.0. The van der Waals surface area contributed by atoms with Crippen LogP contribution >= 0.6 is 0 Å². The first-order valence-corrected chi connectivity index (χ1v) is 13.0. The first-order chi connectivity index (χ1) is 18.8. The second-order valence-electron chi connectivity index (χ2n) is 11.4. The topological polar surface area (TPSA) is 165 Å². The number of hydrogen-bond acceptors (Lipinski definition) is 9. The van der Waals surface area contributed by atoms with Crippen molar-refractivity contribution in [2.45, 2.75) is 31.0 Å². The van der Waals surface area contributed by atoms with Gasteiger partial charge in [-0.3, -0.25) is 19.3 Å². The molecule has 10 heteroatoms. The molecule has 10 nitrogen and oxygen atoms in total. The van der Waals surface area contributed by atoms with Crippen LogP contribution in [0.3, 0.4) is 0 Å². The van der Waals surface area contributed by atoms with Crippen LogP contribution in [0.25, 0.3) is 11.1 Å². The number of hydrogen-bond donors (Lipinski definition) is 5. The number of aliphatic hydroxyl groups is 3. The number of amides is 1. The molecule has 40 heavy (non-hydrogen) atoms. The van der Waals surface area contributed by atoms with E-state index in [0.29, 0.717) is 5.56 Å². The normalized spacial score (nSPS) is 26.2. The third-order valence-electron chi connectivity index (χ3n) is 8.37. The van der Waals surface area contributed by atoms with Crippen molar-refractivity contribution < 1.29 is 34.8 Å². The number of carbonyl (C=O) groups excluding carboxylic acids is 3. The number of allylic oxidation sites excluding steroid dienone is 1. The lowest BCUT2D eigenvalue weighted by Crippen LogP contribution is -2.63. The molecule has 0 heterocycles. The van der Waals surface area contributed by atoms with E-state index in [2.05, 4.69) is 4.90 Å². The Labute approximate surface area is 231 Å². The zero-order valence-electron chi connectivity index (χ0n) is 22.8. The minimum absolute atomic E-state index is 0.00403. The number of aromatic hydroxyl groups is 1. The van der Waals surface area contributed by atoms with Crippen molar-refractivity contribution in [2.75, 3.05) is 28.2 Å². The van der Waals surface area contributed by atoms with Crippen LogP contribution in [0.1, 0.15) is 27.9 Å². The minimum Gasteiger partial charge on any atom is -0.510 e. The number of Topliss-reactive ketones (excluding diaryl/α,β-unsaturated/α-hetero) is 2. The maximum atomic E-state index is 13.9. The van der Waals surface area contributed by atoms with Crippen LogP contribution in [0, 0.1) is 11.8 Å². The number of likely N-dealkylation sites (N-methyl/N-ethyl adjacent to an activating group) is 1. The quantitative estimate of drug-likeness (QED) is 0.351. The second-order valence-corrected chi connectivity index (χ2v) is 11.4. The minimum atomic E-state index is -2.65. The zero-order valence-corrected chi connectivity index (χ0v) is 22.8. The van der Waals surface area contributed by atoms with Gasteiger partial charge in [-0.15, -0.1) is 0 Å². The van der Waals surface area contributed by atoms with E-state index in [1.54, 1.807) is 20.2 Å². The fraction of sp³-hybridized carbons (Fsp3) is 0.367. The van der Waals surface area contributed by atoms with Crippen molar-refractivity contribution in [3.8, 4) is 16.9 Å². The van der Waals surface area contributed by atoms with E-state index in [-0.39, 0.29) is 29.7 Å². The lowest BCUT2D eigenvalue weighted by Gasteiger charge is -2.50. The number of aliphatic hydroxyl groups excluding tert-OH is 2. The fourth-order valence-corrected chi connectivity index (χ4v) is 6.68. The van der Waals surface area contributed by atoms with E-state index in [4.69, 9.17) is 5.73 Å². The summed E-state index contributed by atoms with van der Waals surface area (Å²) in [5, 5.41) is 44.8. The predicted octanol–water partition coefficient (Wildman–Crippen LogP) is 1.85. The molecule has 210 valence electrons. The predicted molar refractivity (Wildman–Crippen MR) is 147 cm³/mol. The van der Waals surface area contributed by atoms with E-state index in [0.717, 1.165) is 23.2 Å². The number of fused-ring (bicyclic) bond motifs is 3. The second kappa shape index (κ2) is 9.58. The summed E-state index contributed by atoms with van der Waals surface area (Å²) in [5.41, 5.74) is 5.03. The summed E-state index contributed by atoms with van der Waals surface area (Å²) in [6.45, 7) is 0.761. The molecule has 1 amide bonds. The maximum Gasteiger partial charge on any atom is 0.255 e. The smallest absolute Gasteiger partial charge is 0.255 e. The van der Waals surface area contributed by atoms with Gasteiger partial charge in [0.05, 0.1) is 11.6 Å². The third-order valence-corrected chi connectivity index (χ3v) is 8.37. The van der Waals surface area contributed by atoms with Gasteiger partial charge in [0.1, 0.15) is 22.8 Å². The Morgan fingerprint density at radius 2 is 1.68 bits per heavy atom. The molecule has 0 spiro atoms. The van der Waals surface area contributed by atoms with E-state index < -0.39 is 58.0 Å². The van der Waals surface area contributed by atoms with Crippen LogP contribution in [-0.2, 0) is 22.6 Å². The maximum absolute atomic E-state index is 13.9. The highest BCUT2D eigenvalue weighted by Gasteiger charge is 2.63. The van der Waals surface area contributed by atoms with Gasteiger partial charge in [0.15, 0.2) is 11.4 Å². The Bertz CT molecular complexity index is 1510. The number of ketones is 2. The molecule has 0 saturated carbocycles. The molecule has 0 saturated heterocycles. The summed E-state index contributed by atoms with van der Waals surface area (Å²) in [7, 11) is 7.16. The Kier molecular flexibility index (Phi) is 6.60. The van der Waals surface area contributed by atoms with Gasteiger partial charge >= 0.3 is 0 Å². The molecule has 0 radical (unpaired) electrons. The lowest BCUT2D eigenvalue weighted by atomic mass is 9.58. The number of nitrogens with two attached hydrogens (primary N) is 1. The molecule has 0 fully saturated rings. The summed E-state index contributed by atoms with van der Waals surface area (Å²) in [6, 6.07) is 10.0. The SMILES string of the molecule is CN(C)Cc1ccc(-c2ccc(O)c3c2C[C@@H]2C[C@@H]4C(N(C)C)C(O)=C(C(N)=O)C(=O)[C@]4(O)C(O)=C2C3=O)cc1. The van der Waals surface area contributed by atoms with Gasteiger partial charge in [0.2, 0.25) is 5.78 Å². The van der Waals surface area contributed by atoms with Crippen molar-refractivity contribution in [2.24, 2.45) is 17.6 Å². The van der Waals surface area contributed by atoms with E-state index in [1.807, 2.05) is 38.4 Å². The molecule has 2 aromatic rings. The largest absolute Gasteiger partial charge is 0.510 e. The standard InChI is InChI=1S/C30H33N3O7/c1-32(2)13-14-5-7-15(8-6-14)17-9-10-20(34)22-18(17)11-16-12-19-24(33(3)4)26(36)23(29(31)39)28(38)30(19,40)27(37)21(16)25(22)35/h5-10,16,19,24,34,36-37,40H,11-13H2,1-4H3,(H2,31,39)/t16-,19-,24?,30-/m1/s1. The van der Waals surface area contributed by atoms with Gasteiger partial charge in [-0.25, -0.2) is 0 Å². The highest BCUT2D eigenvalue weighted by Crippen LogP contribution is 2.53. The molecule has 0 aliphatic heterocycles. The van der Waals surface area contributed by atoms with Crippen molar-refractivity contribution >= 4 is 17.5 Å². The Morgan fingerprint density at radius 3 is 2.25 bits per heavy atom. The highest BCUT2D eigenvalue weighted by molar-refractivity contribution is 6.24. The van der Waals surface area contributed by atoms with Crippen LogP contribution in [0.2, 0.25) is 0 Å². The average Bonchev–Trinajstić information content (AvgIpc) is 2.86. The molecule has 4 atom stereocenters. The van der Waals surface area contributed by atoms with Gasteiger partial charge in [-0.2, -0.15) is 0 Å². The molecule has 6 N–H and O–H groups in total. The highest BCUT2D eigenvalue weighted by atomic mass is 16.3. The lowest BCUT2D eigenvalue weighted by molar-refractivity contribution is -0.148. The number of primary amides is 1. The first kappa shape index (κ1) is 27.6. The third kappa shape index (κ3) is 3.94. The molecule has 5 rings (SSSR count). The molecule has 1 unspecified atom stereocenters. The van der Waals surface area contributed by atoms with Gasteiger partial charge in [-0.05, 0) is 75.3 Å². The zero-order chi connectivity index (χ0) is 29.3. The van der Waals surface area contributed by atoms with Crippen LogP contribution in [0.5, 0.6) is 5.75 Å². The number of carbonyl (C=O) groups is 3. The molecule has 2 aromatic carbocycles. The van der Waals surface area contributed by atoms with E-state index in [1.165, 1.54) is 11.0 Å². The summed E-state index contributed by atoms with van der Waals surface area (Å²) >= 11 is 0. The Morgan fingerprint density at radius 1 is 1.02 bits per heavy atom. The average molecular weight is 548 g/mol. The van der Waals surface area contributed by atoms with Gasteiger partial charge in [0, 0.05) is 18.0 Å². The van der Waals surface area contributed by atoms with E-state index in [9.17, 15) is 34.8 Å². The molecular weight excluding hydrogens is 514 g/mol. The number of rotatable bonds is 5. The van der Waals surface area contributed by atoms with Gasteiger partial charge < -0.3 is 31.1 Å². The monoisotopic (exact) mass is 547 g/mol. The summed E-state index contributed by atoms with van der Waals surface area (Å²) in [5.74, 6) is -6.63. The number of phenols is 1. The molecule has 3 aliphatic rings. The van der Waals surface area contributed by atoms with Crippen LogP contribution < -0.4 is 5.73 Å². The van der Waals surface area contributed by atoms with Crippen LogP contribution in [0.4, 0.5) is 0 Å². The van der Waals surface area contributed by atoms with Gasteiger partial charge in [0.25, 0.3) is 5.91 Å². The van der Waals surface area contributed by atoms with Crippen LogP contribution in [0.15, 0.2) is 59.1 Å². The number of nitrogens with zero attached hydrogens (tertiary/aromatic N) is 2. The van der Waals surface area contributed by atoms with Crippen LogP contribution in [-0.4, -0.2) is 87.5 Å². The molecular formula is C30H33N3O7. The van der Waals surface area contributed by atoms with Crippen molar-refractivity contribution in [3.63, 3.8) is 0 Å². The summed E-state index contributed by atoms with van der Waals surface area (Å²) < 4.78 is 0. The summed E-state index contributed by atoms with van der Waals surface area (Å²) in [6.07, 6.45) is 0.278. The molecule has 0 bridgehead atoms. The molecule has 0 aromatic heterocycles. The number of phenolic OH excluding ortho intramolecular Hbond substituents is 1. The first-order valence-electron chi connectivity index (χ1n) is 13.0. The van der Waals surface area contributed by atoms with E-state index >= 15 is 0 Å². The van der Waals surface area contributed by atoms with Gasteiger partial charge in [-0.1, -0.05) is 30.3 Å². The number of benzene rings is 2. The molecule has 3 aliphatic carbocycles. The fourth-order valence-electron chi connectivity index (χ4n) is 6.68. The Balaban J connectivity index is 1.66.